The lowest BCUT2D eigenvalue weighted by Crippen LogP contribution is -2.38. The molecule has 5 heteroatoms. The van der Waals surface area contributed by atoms with Crippen molar-refractivity contribution in [3.05, 3.63) is 53.9 Å². The summed E-state index contributed by atoms with van der Waals surface area (Å²) in [5.74, 6) is 1.80. The maximum Gasteiger partial charge on any atom is 0.171 e. The maximum atomic E-state index is 12.3. The molecule has 0 unspecified atom stereocenters. The Bertz CT molecular complexity index is 758. The predicted octanol–water partition coefficient (Wildman–Crippen LogP) is 2.39. The Labute approximate surface area is 122 Å². The van der Waals surface area contributed by atoms with Gasteiger partial charge in [0, 0.05) is 30.1 Å². The van der Waals surface area contributed by atoms with Gasteiger partial charge in [-0.1, -0.05) is 12.1 Å². The minimum absolute atomic E-state index is 0.0700. The number of amidine groups is 2. The summed E-state index contributed by atoms with van der Waals surface area (Å²) in [6.45, 7) is 1.55. The van der Waals surface area contributed by atoms with Crippen LogP contribution in [-0.4, -0.2) is 40.4 Å². The van der Waals surface area contributed by atoms with Crippen LogP contribution < -0.4 is 0 Å². The monoisotopic (exact) mass is 278 g/mol. The van der Waals surface area contributed by atoms with Crippen LogP contribution in [0.15, 0.2) is 52.7 Å². The van der Waals surface area contributed by atoms with Crippen LogP contribution in [0, 0.1) is 0 Å². The second-order valence-corrected chi connectivity index (χ2v) is 5.10. The first-order chi connectivity index (χ1) is 10.3. The zero-order valence-corrected chi connectivity index (χ0v) is 11.4. The second kappa shape index (κ2) is 4.70. The molecular formula is C16H14N4O. The number of aliphatic imine (C=N–C) groups is 2. The smallest absolute Gasteiger partial charge is 0.171 e. The van der Waals surface area contributed by atoms with E-state index in [1.165, 1.54) is 0 Å². The molecule has 2 aromatic rings. The Morgan fingerprint density at radius 3 is 3.05 bits per heavy atom. The standard InChI is InChI=1S/C16H14N4O/c21-14(11-5-6-17-10-11)9-15-19-13-4-2-1-3-12(13)16-18-7-8-20(15)16/h1-6,10,17H,7-9H2. The minimum atomic E-state index is 0.0700. The van der Waals surface area contributed by atoms with E-state index in [2.05, 4.69) is 19.9 Å². The summed E-state index contributed by atoms with van der Waals surface area (Å²) in [4.78, 5) is 26.5. The van der Waals surface area contributed by atoms with Crippen molar-refractivity contribution < 1.29 is 4.79 Å². The van der Waals surface area contributed by atoms with Crippen molar-refractivity contribution in [3.63, 3.8) is 0 Å². The molecule has 0 aliphatic carbocycles. The van der Waals surface area contributed by atoms with Crippen LogP contribution in [0.25, 0.3) is 0 Å². The van der Waals surface area contributed by atoms with E-state index in [4.69, 9.17) is 0 Å². The summed E-state index contributed by atoms with van der Waals surface area (Å²) in [6.07, 6.45) is 3.78. The molecule has 0 atom stereocenters. The highest BCUT2D eigenvalue weighted by molar-refractivity contribution is 6.20. The van der Waals surface area contributed by atoms with Crippen LogP contribution >= 0.6 is 0 Å². The van der Waals surface area contributed by atoms with E-state index >= 15 is 0 Å². The van der Waals surface area contributed by atoms with Gasteiger partial charge in [0.25, 0.3) is 0 Å². The number of hydrogen-bond acceptors (Lipinski definition) is 4. The van der Waals surface area contributed by atoms with Crippen molar-refractivity contribution >= 4 is 23.1 Å². The summed E-state index contributed by atoms with van der Waals surface area (Å²) in [5, 5.41) is 0. The third-order valence-corrected chi connectivity index (χ3v) is 3.79. The molecule has 2 aliphatic heterocycles. The van der Waals surface area contributed by atoms with Crippen molar-refractivity contribution in [2.75, 3.05) is 13.1 Å². The Balaban J connectivity index is 1.71. The number of fused-ring (bicyclic) bond motifs is 3. The third kappa shape index (κ3) is 1.98. The highest BCUT2D eigenvalue weighted by atomic mass is 16.1. The van der Waals surface area contributed by atoms with Gasteiger partial charge in [-0.25, -0.2) is 4.99 Å². The van der Waals surface area contributed by atoms with Crippen LogP contribution in [0.5, 0.6) is 0 Å². The minimum Gasteiger partial charge on any atom is -0.367 e. The summed E-state index contributed by atoms with van der Waals surface area (Å²) < 4.78 is 0. The highest BCUT2D eigenvalue weighted by Crippen LogP contribution is 2.29. The lowest BCUT2D eigenvalue weighted by molar-refractivity contribution is 0.0999. The van der Waals surface area contributed by atoms with E-state index in [1.54, 1.807) is 18.5 Å². The van der Waals surface area contributed by atoms with Gasteiger partial charge in [-0.05, 0) is 18.2 Å². The third-order valence-electron chi connectivity index (χ3n) is 3.79. The topological polar surface area (TPSA) is 60.8 Å². The molecule has 0 bridgehead atoms. The van der Waals surface area contributed by atoms with Gasteiger partial charge in [0.2, 0.25) is 0 Å². The van der Waals surface area contributed by atoms with Crippen molar-refractivity contribution in [2.24, 2.45) is 9.98 Å². The molecule has 0 fully saturated rings. The second-order valence-electron chi connectivity index (χ2n) is 5.10. The number of H-pyrrole nitrogens is 1. The highest BCUT2D eigenvalue weighted by Gasteiger charge is 2.30. The van der Waals surface area contributed by atoms with E-state index in [9.17, 15) is 4.79 Å². The average Bonchev–Trinajstić information content (AvgIpc) is 3.19. The number of nitrogens with one attached hydrogen (secondary N) is 1. The van der Waals surface area contributed by atoms with Crippen LogP contribution in [-0.2, 0) is 0 Å². The zero-order chi connectivity index (χ0) is 14.2. The molecular weight excluding hydrogens is 264 g/mol. The van der Waals surface area contributed by atoms with Crippen molar-refractivity contribution in [3.8, 4) is 0 Å². The van der Waals surface area contributed by atoms with E-state index in [-0.39, 0.29) is 5.78 Å². The summed E-state index contributed by atoms with van der Waals surface area (Å²) in [5.41, 5.74) is 2.63. The number of carbonyl (C=O) groups is 1. The lowest BCUT2D eigenvalue weighted by Gasteiger charge is -2.27. The fourth-order valence-electron chi connectivity index (χ4n) is 2.77. The fourth-order valence-corrected chi connectivity index (χ4v) is 2.77. The quantitative estimate of drug-likeness (QED) is 0.876. The molecule has 1 aromatic carbocycles. The number of aromatic nitrogens is 1. The van der Waals surface area contributed by atoms with Crippen LogP contribution in [0.4, 0.5) is 5.69 Å². The van der Waals surface area contributed by atoms with Crippen LogP contribution in [0.2, 0.25) is 0 Å². The predicted molar refractivity (Wildman–Crippen MR) is 81.4 cm³/mol. The molecule has 5 nitrogen and oxygen atoms in total. The van der Waals surface area contributed by atoms with Gasteiger partial charge in [0.15, 0.2) is 5.78 Å². The van der Waals surface area contributed by atoms with Gasteiger partial charge in [0.05, 0.1) is 18.7 Å². The normalized spacial score (nSPS) is 16.1. The van der Waals surface area contributed by atoms with E-state index in [1.807, 2.05) is 24.3 Å². The van der Waals surface area contributed by atoms with Crippen LogP contribution in [0.3, 0.4) is 0 Å². The molecule has 0 amide bonds. The first kappa shape index (κ1) is 12.1. The molecule has 1 aromatic heterocycles. The first-order valence-corrected chi connectivity index (χ1v) is 6.98. The molecule has 21 heavy (non-hydrogen) atoms. The Morgan fingerprint density at radius 1 is 1.29 bits per heavy atom. The number of benzene rings is 1. The van der Waals surface area contributed by atoms with Gasteiger partial charge in [-0.15, -0.1) is 0 Å². The van der Waals surface area contributed by atoms with Gasteiger partial charge < -0.3 is 9.88 Å². The van der Waals surface area contributed by atoms with E-state index in [0.29, 0.717) is 12.0 Å². The maximum absolute atomic E-state index is 12.3. The number of para-hydroxylation sites is 1. The number of aromatic amines is 1. The molecule has 3 heterocycles. The fraction of sp³-hybridized carbons (Fsp3) is 0.188. The van der Waals surface area contributed by atoms with Gasteiger partial charge in [-0.2, -0.15) is 0 Å². The van der Waals surface area contributed by atoms with Gasteiger partial charge >= 0.3 is 0 Å². The van der Waals surface area contributed by atoms with E-state index in [0.717, 1.165) is 36.0 Å². The number of Topliss-reactive ketones (excluding diaryl/α,β-unsaturated/α-hetero) is 1. The number of carbonyl (C=O) groups excluding carboxylic acids is 1. The molecule has 2 aliphatic rings. The van der Waals surface area contributed by atoms with Crippen molar-refractivity contribution in [1.82, 2.24) is 9.88 Å². The van der Waals surface area contributed by atoms with Crippen LogP contribution in [0.1, 0.15) is 22.3 Å². The van der Waals surface area contributed by atoms with Gasteiger partial charge in [0.1, 0.15) is 11.7 Å². The first-order valence-electron chi connectivity index (χ1n) is 6.98. The summed E-state index contributed by atoms with van der Waals surface area (Å²) >= 11 is 0. The van der Waals surface area contributed by atoms with Crippen molar-refractivity contribution in [2.45, 2.75) is 6.42 Å². The Hall–Kier alpha value is -2.69. The number of nitrogens with zero attached hydrogens (tertiary/aromatic N) is 3. The number of ketones is 1. The average molecular weight is 278 g/mol. The SMILES string of the molecule is O=C(CC1=Nc2ccccc2C2=NCCN12)c1cc[nH]c1. The molecule has 0 saturated carbocycles. The number of hydrogen-bond donors (Lipinski definition) is 1. The molecule has 4 rings (SSSR count). The van der Waals surface area contributed by atoms with Crippen molar-refractivity contribution in [1.29, 1.82) is 0 Å². The van der Waals surface area contributed by atoms with Gasteiger partial charge in [-0.3, -0.25) is 9.79 Å². The summed E-state index contributed by atoms with van der Waals surface area (Å²) in [6, 6.07) is 9.73. The number of rotatable bonds is 3. The molecule has 1 N–H and O–H groups in total. The zero-order valence-electron chi connectivity index (χ0n) is 11.4. The Morgan fingerprint density at radius 2 is 2.19 bits per heavy atom. The molecule has 0 radical (unpaired) electrons. The summed E-state index contributed by atoms with van der Waals surface area (Å²) in [7, 11) is 0. The lowest BCUT2D eigenvalue weighted by atomic mass is 10.1. The van der Waals surface area contributed by atoms with E-state index < -0.39 is 0 Å². The molecule has 0 saturated heterocycles. The molecule has 104 valence electrons. The Kier molecular flexibility index (Phi) is 2.70. The largest absolute Gasteiger partial charge is 0.367 e. The molecule has 0 spiro atoms.